The minimum atomic E-state index is -1.54. The van der Waals surface area contributed by atoms with Crippen LogP contribution in [0, 0.1) is 0 Å². The van der Waals surface area contributed by atoms with E-state index in [-0.39, 0.29) is 10.4 Å². The maximum Gasteiger partial charge on any atom is 0.206 e. The van der Waals surface area contributed by atoms with Gasteiger partial charge >= 0.3 is 0 Å². The zero-order valence-electron chi connectivity index (χ0n) is 15.8. The monoisotopic (exact) mass is 334 g/mol. The van der Waals surface area contributed by atoms with Gasteiger partial charge in [-0.25, -0.2) is 0 Å². The summed E-state index contributed by atoms with van der Waals surface area (Å²) in [6, 6.07) is 1.14. The molecule has 2 nitrogen and oxygen atoms in total. The van der Waals surface area contributed by atoms with Crippen LogP contribution in [-0.2, 0) is 8.85 Å². The van der Waals surface area contributed by atoms with Crippen molar-refractivity contribution in [2.24, 2.45) is 0 Å². The van der Waals surface area contributed by atoms with E-state index in [1.165, 1.54) is 0 Å². The quantitative estimate of drug-likeness (QED) is 0.584. The molecule has 0 fully saturated rings. The van der Waals surface area contributed by atoms with Crippen LogP contribution < -0.4 is 0 Å². The Hall–Kier alpha value is 0.571. The third kappa shape index (κ3) is 5.75. The molecule has 0 aromatic carbocycles. The van der Waals surface area contributed by atoms with Gasteiger partial charge in [-0.3, -0.25) is 0 Å². The van der Waals surface area contributed by atoms with Crippen molar-refractivity contribution in [3.63, 3.8) is 0 Å². The molecule has 0 N–H and O–H groups in total. The molecule has 0 bridgehead atoms. The molecule has 5 heteroatoms. The molecule has 0 saturated heterocycles. The summed E-state index contributed by atoms with van der Waals surface area (Å²) in [5.74, 6) is 0. The maximum atomic E-state index is 6.81. The highest BCUT2D eigenvalue weighted by atomic mass is 28.4. The average molecular weight is 335 g/mol. The molecule has 20 heavy (non-hydrogen) atoms. The highest BCUT2D eigenvalue weighted by Crippen LogP contribution is 2.33. The SMILES string of the molecule is CC[SiH](OC(C)(CC)[Si](C)(C)C)C(C)(C)O[Si](C)(C)C. The highest BCUT2D eigenvalue weighted by Gasteiger charge is 2.45. The van der Waals surface area contributed by atoms with Gasteiger partial charge < -0.3 is 8.85 Å². The van der Waals surface area contributed by atoms with E-state index in [2.05, 4.69) is 73.9 Å². The summed E-state index contributed by atoms with van der Waals surface area (Å²) in [4.78, 5) is 0. The maximum absolute atomic E-state index is 6.81. The summed E-state index contributed by atoms with van der Waals surface area (Å²) in [5, 5.41) is -0.00469. The molecule has 0 amide bonds. The topological polar surface area (TPSA) is 18.5 Å². The third-order valence-electron chi connectivity index (χ3n) is 4.38. The van der Waals surface area contributed by atoms with Crippen molar-refractivity contribution in [1.82, 2.24) is 0 Å². The van der Waals surface area contributed by atoms with Gasteiger partial charge in [-0.2, -0.15) is 0 Å². The second kappa shape index (κ2) is 6.77. The Morgan fingerprint density at radius 3 is 1.60 bits per heavy atom. The van der Waals surface area contributed by atoms with E-state index >= 15 is 0 Å². The van der Waals surface area contributed by atoms with Crippen LogP contribution in [0.15, 0.2) is 0 Å². The first-order valence-electron chi connectivity index (χ1n) is 8.06. The molecule has 0 aliphatic carbocycles. The largest absolute Gasteiger partial charge is 0.415 e. The molecule has 0 aliphatic heterocycles. The lowest BCUT2D eigenvalue weighted by Gasteiger charge is -2.47. The van der Waals surface area contributed by atoms with Gasteiger partial charge in [0, 0.05) is 5.22 Å². The predicted octanol–water partition coefficient (Wildman–Crippen LogP) is 4.96. The van der Waals surface area contributed by atoms with Gasteiger partial charge in [-0.05, 0) is 52.9 Å². The van der Waals surface area contributed by atoms with Crippen molar-refractivity contribution in [3.8, 4) is 0 Å². The fourth-order valence-electron chi connectivity index (χ4n) is 2.68. The standard InChI is InChI=1S/C15H38O2Si3/c1-12-15(5,19(6,7)8)16-18(13-2)14(3,4)17-20(9,10)11/h18H,12-13H2,1-11H3. The Morgan fingerprint density at radius 2 is 1.35 bits per heavy atom. The molecule has 2 unspecified atom stereocenters. The molecule has 0 aromatic rings. The molecule has 2 atom stereocenters. The Kier molecular flexibility index (Phi) is 6.96. The van der Waals surface area contributed by atoms with Crippen molar-refractivity contribution in [1.29, 1.82) is 0 Å². The van der Waals surface area contributed by atoms with E-state index < -0.39 is 25.4 Å². The van der Waals surface area contributed by atoms with Crippen LogP contribution in [0.5, 0.6) is 0 Å². The highest BCUT2D eigenvalue weighted by molar-refractivity contribution is 6.79. The van der Waals surface area contributed by atoms with Gasteiger partial charge in [0.05, 0.1) is 13.3 Å². The minimum absolute atomic E-state index is 0.0694. The van der Waals surface area contributed by atoms with Crippen LogP contribution >= 0.6 is 0 Å². The summed E-state index contributed by atoms with van der Waals surface area (Å²) in [6.07, 6.45) is 1.11. The van der Waals surface area contributed by atoms with Crippen molar-refractivity contribution in [2.75, 3.05) is 0 Å². The summed E-state index contributed by atoms with van der Waals surface area (Å²) in [6.45, 7) is 25.5. The molecule has 0 rings (SSSR count). The van der Waals surface area contributed by atoms with Crippen molar-refractivity contribution >= 4 is 25.4 Å². The molecule has 0 aromatic heterocycles. The fourth-order valence-corrected chi connectivity index (χ4v) is 11.0. The normalized spacial score (nSPS) is 18.8. The van der Waals surface area contributed by atoms with E-state index in [4.69, 9.17) is 8.85 Å². The Labute approximate surface area is 131 Å². The zero-order chi connectivity index (χ0) is 16.4. The molecular weight excluding hydrogens is 296 g/mol. The lowest BCUT2D eigenvalue weighted by Crippen LogP contribution is -2.59. The number of hydrogen-bond donors (Lipinski definition) is 0. The van der Waals surface area contributed by atoms with E-state index in [9.17, 15) is 0 Å². The lowest BCUT2D eigenvalue weighted by molar-refractivity contribution is 0.0994. The van der Waals surface area contributed by atoms with E-state index in [0.29, 0.717) is 0 Å². The van der Waals surface area contributed by atoms with E-state index in [0.717, 1.165) is 12.5 Å². The van der Waals surface area contributed by atoms with Crippen LogP contribution in [0.2, 0.25) is 45.3 Å². The first kappa shape index (κ1) is 20.6. The second-order valence-electron chi connectivity index (χ2n) is 8.67. The van der Waals surface area contributed by atoms with Gasteiger partial charge in [-0.15, -0.1) is 0 Å². The second-order valence-corrected chi connectivity index (χ2v) is 22.1. The van der Waals surface area contributed by atoms with E-state index in [1.54, 1.807) is 0 Å². The van der Waals surface area contributed by atoms with Crippen molar-refractivity contribution in [3.05, 3.63) is 0 Å². The Bertz CT molecular complexity index is 305. The van der Waals surface area contributed by atoms with Gasteiger partial charge in [0.15, 0.2) is 8.32 Å². The van der Waals surface area contributed by atoms with Crippen LogP contribution in [0.4, 0.5) is 0 Å². The molecule has 0 spiro atoms. The molecule has 0 saturated carbocycles. The molecule has 0 aliphatic rings. The number of rotatable bonds is 8. The zero-order valence-corrected chi connectivity index (χ0v) is 19.0. The summed E-state index contributed by atoms with van der Waals surface area (Å²) in [5.41, 5.74) is 0. The fraction of sp³-hybridized carbons (Fsp3) is 1.00. The van der Waals surface area contributed by atoms with Gasteiger partial charge in [-0.1, -0.05) is 33.5 Å². The van der Waals surface area contributed by atoms with Crippen LogP contribution in [0.1, 0.15) is 41.0 Å². The van der Waals surface area contributed by atoms with Gasteiger partial charge in [0.2, 0.25) is 9.04 Å². The van der Waals surface area contributed by atoms with Crippen LogP contribution in [0.25, 0.3) is 0 Å². The first-order chi connectivity index (χ1) is 8.68. The molecule has 0 heterocycles. The minimum Gasteiger partial charge on any atom is -0.415 e. The Balaban J connectivity index is 5.20. The van der Waals surface area contributed by atoms with Crippen LogP contribution in [-0.4, -0.2) is 35.9 Å². The summed E-state index contributed by atoms with van der Waals surface area (Å²) >= 11 is 0. The van der Waals surface area contributed by atoms with Gasteiger partial charge in [0.25, 0.3) is 0 Å². The van der Waals surface area contributed by atoms with Crippen molar-refractivity contribution in [2.45, 2.75) is 96.8 Å². The molecule has 122 valence electrons. The van der Waals surface area contributed by atoms with E-state index in [1.807, 2.05) is 0 Å². The summed E-state index contributed by atoms with van der Waals surface area (Å²) < 4.78 is 13.3. The molecule has 0 radical (unpaired) electrons. The number of hydrogen-bond acceptors (Lipinski definition) is 2. The molecular formula is C15H38O2Si3. The first-order valence-corrected chi connectivity index (χ1v) is 16.8. The van der Waals surface area contributed by atoms with Crippen molar-refractivity contribution < 1.29 is 8.85 Å². The predicted molar refractivity (Wildman–Crippen MR) is 99.3 cm³/mol. The average Bonchev–Trinajstić information content (AvgIpc) is 2.20. The van der Waals surface area contributed by atoms with Crippen LogP contribution in [0.3, 0.4) is 0 Å². The Morgan fingerprint density at radius 1 is 0.900 bits per heavy atom. The lowest BCUT2D eigenvalue weighted by atomic mass is 10.3. The third-order valence-corrected chi connectivity index (χ3v) is 12.8. The summed E-state index contributed by atoms with van der Waals surface area (Å²) in [7, 11) is -4.31. The smallest absolute Gasteiger partial charge is 0.206 e. The van der Waals surface area contributed by atoms with Gasteiger partial charge in [0.1, 0.15) is 0 Å².